The first kappa shape index (κ1) is 22.9. The van der Waals surface area contributed by atoms with Gasteiger partial charge in [0.1, 0.15) is 11.9 Å². The Kier molecular flexibility index (Phi) is 7.37. The second kappa shape index (κ2) is 10.00. The lowest BCUT2D eigenvalue weighted by atomic mass is 9.82. The van der Waals surface area contributed by atoms with Gasteiger partial charge in [0.25, 0.3) is 12.4 Å². The Hall–Kier alpha value is -2.81. The van der Waals surface area contributed by atoms with Crippen LogP contribution in [-0.2, 0) is 9.53 Å². The van der Waals surface area contributed by atoms with E-state index in [-0.39, 0.29) is 24.8 Å². The average Bonchev–Trinajstić information content (AvgIpc) is 2.78. The molecule has 0 aromatic heterocycles. The number of aliphatic hydroxyl groups excluding tert-OH is 2. The number of hydrogen-bond acceptors (Lipinski definition) is 5. The molecule has 166 valence electrons. The van der Waals surface area contributed by atoms with Crippen LogP contribution in [0.2, 0.25) is 0 Å². The van der Waals surface area contributed by atoms with Crippen molar-refractivity contribution in [1.82, 2.24) is 4.90 Å². The molecule has 0 unspecified atom stereocenters. The van der Waals surface area contributed by atoms with E-state index in [9.17, 15) is 19.4 Å². The monoisotopic (exact) mass is 431 g/mol. The fourth-order valence-corrected chi connectivity index (χ4v) is 4.05. The lowest BCUT2D eigenvalue weighted by Gasteiger charge is -2.46. The number of carbonyl (C=O) groups is 2. The van der Waals surface area contributed by atoms with Gasteiger partial charge in [-0.3, -0.25) is 9.59 Å². The largest absolute Gasteiger partial charge is 0.483 e. The van der Waals surface area contributed by atoms with Crippen molar-refractivity contribution in [3.8, 4) is 11.1 Å². The highest BCUT2D eigenvalue weighted by Crippen LogP contribution is 2.35. The van der Waals surface area contributed by atoms with Gasteiger partial charge < -0.3 is 25.0 Å². The molecule has 2 aliphatic heterocycles. The summed E-state index contributed by atoms with van der Waals surface area (Å²) in [5.41, 5.74) is 2.00. The number of piperidine rings is 1. The van der Waals surface area contributed by atoms with E-state index < -0.39 is 17.8 Å². The molecule has 8 heteroatoms. The van der Waals surface area contributed by atoms with Crippen molar-refractivity contribution >= 4 is 12.4 Å². The Morgan fingerprint density at radius 1 is 1.00 bits per heavy atom. The number of rotatable bonds is 2. The Morgan fingerprint density at radius 2 is 1.52 bits per heavy atom. The van der Waals surface area contributed by atoms with Crippen molar-refractivity contribution < 1.29 is 34.0 Å². The van der Waals surface area contributed by atoms with Gasteiger partial charge in [0.05, 0.1) is 18.3 Å². The summed E-state index contributed by atoms with van der Waals surface area (Å²) in [5, 5.41) is 26.5. The smallest absolute Gasteiger partial charge is 0.290 e. The fraction of sp³-hybridized carbons (Fsp3) is 0.391. The second-order valence-corrected chi connectivity index (χ2v) is 7.81. The zero-order chi connectivity index (χ0) is 22.4. The van der Waals surface area contributed by atoms with Crippen molar-refractivity contribution in [1.29, 1.82) is 0 Å². The molecule has 7 nitrogen and oxygen atoms in total. The minimum absolute atomic E-state index is 0.0306. The number of hydrogen-bond donors (Lipinski definition) is 3. The molecule has 0 aliphatic carbocycles. The maximum atomic E-state index is 13.1. The number of nitrogens with zero attached hydrogens (tertiary/aromatic N) is 1. The normalized spacial score (nSPS) is 22.4. The molecule has 0 radical (unpaired) electrons. The number of amides is 1. The second-order valence-electron chi connectivity index (χ2n) is 7.81. The molecule has 31 heavy (non-hydrogen) atoms. The summed E-state index contributed by atoms with van der Waals surface area (Å²) < 4.78 is 18.9. The van der Waals surface area contributed by atoms with Crippen LogP contribution in [0, 0.1) is 5.82 Å². The third-order valence-electron chi connectivity index (χ3n) is 5.86. The summed E-state index contributed by atoms with van der Waals surface area (Å²) in [4.78, 5) is 23.0. The SMILES string of the molecule is O=C(c1ccc(-c2ccc(F)cc2)cc1)N1CCC2(CC1)C[C@@H](O)[C@@H](O)CO2.O=CO. The van der Waals surface area contributed by atoms with Crippen LogP contribution < -0.4 is 0 Å². The van der Waals surface area contributed by atoms with Crippen LogP contribution in [0.15, 0.2) is 48.5 Å². The van der Waals surface area contributed by atoms with Crippen LogP contribution in [0.4, 0.5) is 4.39 Å². The molecule has 2 aliphatic rings. The van der Waals surface area contributed by atoms with E-state index in [2.05, 4.69) is 0 Å². The quantitative estimate of drug-likeness (QED) is 0.630. The fourth-order valence-electron chi connectivity index (χ4n) is 4.05. The summed E-state index contributed by atoms with van der Waals surface area (Å²) in [6, 6.07) is 13.6. The lowest BCUT2D eigenvalue weighted by molar-refractivity contribution is -0.185. The molecule has 3 N–H and O–H groups in total. The van der Waals surface area contributed by atoms with E-state index >= 15 is 0 Å². The standard InChI is InChI=1S/C22H24FNO4.CH2O2/c23-18-7-5-16(6-8-18)15-1-3-17(4-2-15)21(27)24-11-9-22(10-12-24)13-19(25)20(26)14-28-22;2-1-3/h1-8,19-20,25-26H,9-14H2;1H,(H,2,3)/t19-,20+;/m1./s1. The first-order chi connectivity index (χ1) is 14.9. The summed E-state index contributed by atoms with van der Waals surface area (Å²) in [7, 11) is 0. The van der Waals surface area contributed by atoms with Crippen LogP contribution in [0.1, 0.15) is 29.6 Å². The molecule has 4 rings (SSSR count). The van der Waals surface area contributed by atoms with Crippen molar-refractivity contribution in [2.45, 2.75) is 37.1 Å². The van der Waals surface area contributed by atoms with Gasteiger partial charge in [-0.25, -0.2) is 4.39 Å². The van der Waals surface area contributed by atoms with Gasteiger partial charge in [-0.05, 0) is 48.2 Å². The average molecular weight is 431 g/mol. The van der Waals surface area contributed by atoms with E-state index in [0.717, 1.165) is 11.1 Å². The number of carboxylic acid groups (broad SMARTS) is 1. The molecule has 2 fully saturated rings. The minimum Gasteiger partial charge on any atom is -0.483 e. The third kappa shape index (κ3) is 5.46. The molecule has 2 heterocycles. The molecule has 2 aromatic rings. The third-order valence-corrected chi connectivity index (χ3v) is 5.86. The van der Waals surface area contributed by atoms with Gasteiger partial charge in [0, 0.05) is 25.1 Å². The van der Waals surface area contributed by atoms with Gasteiger partial charge in [-0.2, -0.15) is 0 Å². The van der Waals surface area contributed by atoms with E-state index in [4.69, 9.17) is 14.6 Å². The Balaban J connectivity index is 0.000000858. The summed E-state index contributed by atoms with van der Waals surface area (Å²) >= 11 is 0. The van der Waals surface area contributed by atoms with Gasteiger partial charge >= 0.3 is 0 Å². The van der Waals surface area contributed by atoms with Gasteiger partial charge in [-0.1, -0.05) is 24.3 Å². The Labute approximate surface area is 179 Å². The number of benzene rings is 2. The van der Waals surface area contributed by atoms with Crippen molar-refractivity contribution in [2.75, 3.05) is 19.7 Å². The topological polar surface area (TPSA) is 107 Å². The molecule has 0 saturated carbocycles. The van der Waals surface area contributed by atoms with Crippen molar-refractivity contribution in [3.05, 3.63) is 59.9 Å². The number of likely N-dealkylation sites (tertiary alicyclic amines) is 1. The van der Waals surface area contributed by atoms with Gasteiger partial charge in [0.2, 0.25) is 0 Å². The molecule has 2 aromatic carbocycles. The van der Waals surface area contributed by atoms with Crippen LogP contribution in [0.3, 0.4) is 0 Å². The Bertz CT molecular complexity index is 878. The van der Waals surface area contributed by atoms with E-state index in [0.29, 0.717) is 37.9 Å². The van der Waals surface area contributed by atoms with Crippen LogP contribution in [0.5, 0.6) is 0 Å². The minimum atomic E-state index is -0.829. The van der Waals surface area contributed by atoms with Crippen LogP contribution in [0.25, 0.3) is 11.1 Å². The predicted octanol–water partition coefficient (Wildman–Crippen LogP) is 2.31. The summed E-state index contributed by atoms with van der Waals surface area (Å²) in [5.74, 6) is -0.306. The maximum Gasteiger partial charge on any atom is 0.290 e. The highest BCUT2D eigenvalue weighted by atomic mass is 19.1. The first-order valence-electron chi connectivity index (χ1n) is 10.1. The van der Waals surface area contributed by atoms with Crippen LogP contribution >= 0.6 is 0 Å². The zero-order valence-corrected chi connectivity index (χ0v) is 17.0. The maximum absolute atomic E-state index is 13.1. The van der Waals surface area contributed by atoms with Gasteiger partial charge in [-0.15, -0.1) is 0 Å². The molecule has 1 spiro atoms. The predicted molar refractivity (Wildman–Crippen MR) is 111 cm³/mol. The Morgan fingerprint density at radius 3 is 2.03 bits per heavy atom. The molecule has 2 atom stereocenters. The highest BCUT2D eigenvalue weighted by molar-refractivity contribution is 5.94. The highest BCUT2D eigenvalue weighted by Gasteiger charge is 2.43. The summed E-state index contributed by atoms with van der Waals surface area (Å²) in [6.45, 7) is 1.00. The number of aliphatic hydroxyl groups is 2. The van der Waals surface area contributed by atoms with E-state index in [1.165, 1.54) is 12.1 Å². The zero-order valence-electron chi connectivity index (χ0n) is 17.0. The number of carbonyl (C=O) groups excluding carboxylic acids is 1. The lowest BCUT2D eigenvalue weighted by Crippen LogP contribution is -2.55. The number of halogens is 1. The number of ether oxygens (including phenoxy) is 1. The van der Waals surface area contributed by atoms with Gasteiger partial charge in [0.15, 0.2) is 0 Å². The van der Waals surface area contributed by atoms with E-state index in [1.807, 2.05) is 12.1 Å². The molecular weight excluding hydrogens is 405 g/mol. The van der Waals surface area contributed by atoms with Crippen molar-refractivity contribution in [3.63, 3.8) is 0 Å². The van der Waals surface area contributed by atoms with E-state index in [1.54, 1.807) is 29.2 Å². The van der Waals surface area contributed by atoms with Crippen molar-refractivity contribution in [2.24, 2.45) is 0 Å². The molecular formula is C23H26FNO6. The van der Waals surface area contributed by atoms with Crippen LogP contribution in [-0.4, -0.2) is 70.1 Å². The molecule has 1 amide bonds. The summed E-state index contributed by atoms with van der Waals surface area (Å²) in [6.07, 6.45) is 0.106. The molecule has 2 saturated heterocycles. The first-order valence-corrected chi connectivity index (χ1v) is 10.1. The molecule has 0 bridgehead atoms.